The van der Waals surface area contributed by atoms with E-state index in [0.29, 0.717) is 11.9 Å². The minimum absolute atomic E-state index is 0.582. The molecular formula is C14H22N4O. The van der Waals surface area contributed by atoms with Crippen LogP contribution in [0.3, 0.4) is 0 Å². The van der Waals surface area contributed by atoms with Gasteiger partial charge in [-0.05, 0) is 25.2 Å². The van der Waals surface area contributed by atoms with Crippen LogP contribution in [0.5, 0.6) is 5.88 Å². The summed E-state index contributed by atoms with van der Waals surface area (Å²) >= 11 is 0. The van der Waals surface area contributed by atoms with Crippen LogP contribution >= 0.6 is 0 Å². The summed E-state index contributed by atoms with van der Waals surface area (Å²) < 4.78 is 5.27. The third-order valence-electron chi connectivity index (χ3n) is 4.44. The molecule has 2 aliphatic heterocycles. The lowest BCUT2D eigenvalue weighted by atomic mass is 9.93. The number of hydrogen-bond donors (Lipinski definition) is 1. The van der Waals surface area contributed by atoms with Crippen molar-refractivity contribution in [1.82, 2.24) is 15.3 Å². The summed E-state index contributed by atoms with van der Waals surface area (Å²) in [7, 11) is 1.66. The quantitative estimate of drug-likeness (QED) is 0.888. The molecule has 3 unspecified atom stereocenters. The molecule has 2 saturated heterocycles. The third kappa shape index (κ3) is 2.16. The molecule has 1 aromatic heterocycles. The van der Waals surface area contributed by atoms with Gasteiger partial charge in [0.15, 0.2) is 0 Å². The highest BCUT2D eigenvalue weighted by Gasteiger charge is 2.43. The molecular weight excluding hydrogens is 240 g/mol. The molecule has 0 aliphatic carbocycles. The number of methoxy groups -OCH3 is 1. The molecule has 2 aliphatic rings. The van der Waals surface area contributed by atoms with Gasteiger partial charge >= 0.3 is 0 Å². The largest absolute Gasteiger partial charge is 0.481 e. The highest BCUT2D eigenvalue weighted by Crippen LogP contribution is 2.37. The van der Waals surface area contributed by atoms with Gasteiger partial charge in [-0.1, -0.05) is 6.92 Å². The highest BCUT2D eigenvalue weighted by molar-refractivity contribution is 5.45. The zero-order valence-corrected chi connectivity index (χ0v) is 11.9. The molecule has 0 radical (unpaired) electrons. The van der Waals surface area contributed by atoms with Crippen molar-refractivity contribution < 1.29 is 4.74 Å². The molecule has 1 N–H and O–H groups in total. The van der Waals surface area contributed by atoms with Crippen molar-refractivity contribution in [3.05, 3.63) is 11.9 Å². The van der Waals surface area contributed by atoms with Crippen LogP contribution in [0, 0.1) is 18.8 Å². The van der Waals surface area contributed by atoms with Crippen LogP contribution in [0.25, 0.3) is 0 Å². The van der Waals surface area contributed by atoms with E-state index in [4.69, 9.17) is 4.74 Å². The summed E-state index contributed by atoms with van der Waals surface area (Å²) in [5, 5.41) is 3.51. The first-order chi connectivity index (χ1) is 9.22. The Morgan fingerprint density at radius 3 is 3.00 bits per heavy atom. The molecule has 3 rings (SSSR count). The monoisotopic (exact) mass is 262 g/mol. The summed E-state index contributed by atoms with van der Waals surface area (Å²) in [5.74, 6) is 3.97. The first-order valence-electron chi connectivity index (χ1n) is 7.10. The number of aryl methyl sites for hydroxylation is 1. The van der Waals surface area contributed by atoms with Gasteiger partial charge in [-0.15, -0.1) is 0 Å². The van der Waals surface area contributed by atoms with Gasteiger partial charge in [0.2, 0.25) is 5.88 Å². The van der Waals surface area contributed by atoms with Gasteiger partial charge in [-0.25, -0.2) is 4.98 Å². The number of anilines is 1. The summed E-state index contributed by atoms with van der Waals surface area (Å²) in [5.41, 5.74) is 0. The second-order valence-corrected chi connectivity index (χ2v) is 5.53. The van der Waals surface area contributed by atoms with E-state index in [1.807, 2.05) is 13.0 Å². The van der Waals surface area contributed by atoms with Crippen molar-refractivity contribution in [1.29, 1.82) is 0 Å². The van der Waals surface area contributed by atoms with E-state index in [9.17, 15) is 0 Å². The van der Waals surface area contributed by atoms with Crippen LogP contribution in [0.15, 0.2) is 6.07 Å². The lowest BCUT2D eigenvalue weighted by Gasteiger charge is -2.28. The van der Waals surface area contributed by atoms with Crippen molar-refractivity contribution in [2.24, 2.45) is 11.8 Å². The highest BCUT2D eigenvalue weighted by atomic mass is 16.5. The molecule has 3 heterocycles. The van der Waals surface area contributed by atoms with Gasteiger partial charge in [0.05, 0.1) is 7.11 Å². The molecule has 0 amide bonds. The van der Waals surface area contributed by atoms with Crippen molar-refractivity contribution in [2.75, 3.05) is 31.6 Å². The number of rotatable bonds is 3. The number of aromatic nitrogens is 2. The maximum Gasteiger partial charge on any atom is 0.218 e. The predicted octanol–water partition coefficient (Wildman–Crippen LogP) is 1.23. The summed E-state index contributed by atoms with van der Waals surface area (Å²) in [4.78, 5) is 11.3. The molecule has 0 saturated carbocycles. The molecule has 0 aromatic carbocycles. The Hall–Kier alpha value is -1.36. The average Bonchev–Trinajstić information content (AvgIpc) is 2.97. The zero-order chi connectivity index (χ0) is 13.4. The Balaban J connectivity index is 1.91. The Kier molecular flexibility index (Phi) is 3.31. The van der Waals surface area contributed by atoms with Gasteiger partial charge in [-0.2, -0.15) is 4.98 Å². The van der Waals surface area contributed by atoms with E-state index >= 15 is 0 Å². The molecule has 0 bridgehead atoms. The van der Waals surface area contributed by atoms with Crippen LogP contribution in [0.1, 0.15) is 19.2 Å². The topological polar surface area (TPSA) is 50.3 Å². The van der Waals surface area contributed by atoms with Crippen molar-refractivity contribution in [2.45, 2.75) is 26.3 Å². The Labute approximate surface area is 114 Å². The summed E-state index contributed by atoms with van der Waals surface area (Å²) in [6.07, 6.45) is 1.16. The number of nitrogens with one attached hydrogen (secondary N) is 1. The van der Waals surface area contributed by atoms with Gasteiger partial charge < -0.3 is 15.0 Å². The Morgan fingerprint density at radius 2 is 2.26 bits per heavy atom. The fourth-order valence-electron chi connectivity index (χ4n) is 3.59. The van der Waals surface area contributed by atoms with Crippen LogP contribution in [0.2, 0.25) is 0 Å². The zero-order valence-electron chi connectivity index (χ0n) is 11.9. The molecule has 3 atom stereocenters. The van der Waals surface area contributed by atoms with Crippen LogP contribution in [-0.2, 0) is 0 Å². The SMILES string of the molecule is CCC1C2CNCC2CN1c1cc(OC)nc(C)n1. The summed E-state index contributed by atoms with van der Waals surface area (Å²) in [6.45, 7) is 7.56. The Morgan fingerprint density at radius 1 is 1.42 bits per heavy atom. The second-order valence-electron chi connectivity index (χ2n) is 5.53. The fraction of sp³-hybridized carbons (Fsp3) is 0.714. The minimum Gasteiger partial charge on any atom is -0.481 e. The smallest absolute Gasteiger partial charge is 0.218 e. The van der Waals surface area contributed by atoms with E-state index in [1.165, 1.54) is 0 Å². The summed E-state index contributed by atoms with van der Waals surface area (Å²) in [6, 6.07) is 2.54. The number of ether oxygens (including phenoxy) is 1. The molecule has 2 fully saturated rings. The lowest BCUT2D eigenvalue weighted by molar-refractivity contribution is 0.395. The first kappa shape index (κ1) is 12.7. The molecule has 5 heteroatoms. The van der Waals surface area contributed by atoms with Crippen LogP contribution < -0.4 is 15.0 Å². The fourth-order valence-corrected chi connectivity index (χ4v) is 3.59. The van der Waals surface area contributed by atoms with Gasteiger partial charge in [0.25, 0.3) is 0 Å². The molecule has 1 aromatic rings. The van der Waals surface area contributed by atoms with E-state index in [0.717, 1.165) is 49.5 Å². The number of hydrogen-bond acceptors (Lipinski definition) is 5. The van der Waals surface area contributed by atoms with E-state index in [2.05, 4.69) is 27.1 Å². The Bertz CT molecular complexity index is 465. The molecule has 104 valence electrons. The van der Waals surface area contributed by atoms with Crippen molar-refractivity contribution in [3.8, 4) is 5.88 Å². The van der Waals surface area contributed by atoms with Crippen molar-refractivity contribution >= 4 is 5.82 Å². The number of fused-ring (bicyclic) bond motifs is 1. The third-order valence-corrected chi connectivity index (χ3v) is 4.44. The molecule has 5 nitrogen and oxygen atoms in total. The standard InChI is InChI=1S/C14H22N4O/c1-4-12-11-7-15-6-10(11)8-18(12)13-5-14(19-3)17-9(2)16-13/h5,10-12,15H,4,6-8H2,1-3H3. The first-order valence-corrected chi connectivity index (χ1v) is 7.10. The normalized spacial score (nSPS) is 29.6. The van der Waals surface area contributed by atoms with E-state index in [1.54, 1.807) is 7.11 Å². The van der Waals surface area contributed by atoms with Crippen LogP contribution in [-0.4, -0.2) is 42.8 Å². The number of nitrogens with zero attached hydrogens (tertiary/aromatic N) is 3. The van der Waals surface area contributed by atoms with Crippen molar-refractivity contribution in [3.63, 3.8) is 0 Å². The molecule has 19 heavy (non-hydrogen) atoms. The second kappa shape index (κ2) is 4.96. The maximum absolute atomic E-state index is 5.27. The molecule has 0 spiro atoms. The van der Waals surface area contributed by atoms with E-state index in [-0.39, 0.29) is 0 Å². The lowest BCUT2D eigenvalue weighted by Crippen LogP contribution is -2.35. The van der Waals surface area contributed by atoms with Gasteiger partial charge in [0.1, 0.15) is 11.6 Å². The minimum atomic E-state index is 0.582. The predicted molar refractivity (Wildman–Crippen MR) is 74.6 cm³/mol. The van der Waals surface area contributed by atoms with Gasteiger partial charge in [-0.3, -0.25) is 0 Å². The maximum atomic E-state index is 5.27. The van der Waals surface area contributed by atoms with E-state index < -0.39 is 0 Å². The van der Waals surface area contributed by atoms with Crippen LogP contribution in [0.4, 0.5) is 5.82 Å². The van der Waals surface area contributed by atoms with Gasteiger partial charge in [0, 0.05) is 31.7 Å². The average molecular weight is 262 g/mol.